The van der Waals surface area contributed by atoms with Gasteiger partial charge in [0.15, 0.2) is 5.16 Å². The van der Waals surface area contributed by atoms with Crippen molar-refractivity contribution >= 4 is 40.9 Å². The number of hydrogen-bond donors (Lipinski definition) is 1. The molecular weight excluding hydrogens is 415 g/mol. The van der Waals surface area contributed by atoms with Crippen LogP contribution in [0.1, 0.15) is 23.9 Å². The summed E-state index contributed by atoms with van der Waals surface area (Å²) in [4.78, 5) is 12.2. The Balaban J connectivity index is 1.55. The highest BCUT2D eigenvalue weighted by Gasteiger charge is 2.13. The van der Waals surface area contributed by atoms with E-state index in [0.717, 1.165) is 28.7 Å². The first-order chi connectivity index (χ1) is 13.5. The first-order valence-corrected chi connectivity index (χ1v) is 10.6. The normalized spacial score (nSPS) is 10.8. The number of benzene rings is 2. The van der Waals surface area contributed by atoms with E-state index in [4.69, 9.17) is 23.2 Å². The van der Waals surface area contributed by atoms with Gasteiger partial charge in [-0.2, -0.15) is 0 Å². The fourth-order valence-corrected chi connectivity index (χ4v) is 3.75. The predicted octanol–water partition coefficient (Wildman–Crippen LogP) is 4.60. The van der Waals surface area contributed by atoms with Gasteiger partial charge in [-0.1, -0.05) is 59.2 Å². The lowest BCUT2D eigenvalue weighted by atomic mass is 10.1. The zero-order chi connectivity index (χ0) is 19.9. The highest BCUT2D eigenvalue weighted by Crippen LogP contribution is 2.19. The first kappa shape index (κ1) is 20.7. The van der Waals surface area contributed by atoms with Crippen LogP contribution in [0.5, 0.6) is 0 Å². The van der Waals surface area contributed by atoms with E-state index in [1.807, 2.05) is 60.0 Å². The van der Waals surface area contributed by atoms with Gasteiger partial charge in [-0.05, 0) is 42.3 Å². The molecule has 3 rings (SSSR count). The van der Waals surface area contributed by atoms with Crippen LogP contribution in [-0.2, 0) is 24.3 Å². The second-order valence-electron chi connectivity index (χ2n) is 6.14. The molecule has 1 amide bonds. The molecule has 0 aliphatic rings. The van der Waals surface area contributed by atoms with Gasteiger partial charge in [0.2, 0.25) is 5.91 Å². The Morgan fingerprint density at radius 1 is 1.00 bits per heavy atom. The smallest absolute Gasteiger partial charge is 0.230 e. The first-order valence-electron chi connectivity index (χ1n) is 8.85. The Kier molecular flexibility index (Phi) is 7.36. The van der Waals surface area contributed by atoms with E-state index in [-0.39, 0.29) is 11.7 Å². The van der Waals surface area contributed by atoms with Gasteiger partial charge in [-0.25, -0.2) is 0 Å². The van der Waals surface area contributed by atoms with Gasteiger partial charge in [0, 0.05) is 29.6 Å². The number of hydrogen-bond acceptors (Lipinski definition) is 4. The molecule has 0 fully saturated rings. The number of thioether (sulfide) groups is 1. The van der Waals surface area contributed by atoms with Gasteiger partial charge in [0.05, 0.1) is 5.75 Å². The van der Waals surface area contributed by atoms with Gasteiger partial charge < -0.3 is 9.88 Å². The Morgan fingerprint density at radius 2 is 1.61 bits per heavy atom. The lowest BCUT2D eigenvalue weighted by molar-refractivity contribution is -0.118. The zero-order valence-electron chi connectivity index (χ0n) is 15.4. The maximum Gasteiger partial charge on any atom is 0.230 e. The molecule has 1 heterocycles. The van der Waals surface area contributed by atoms with E-state index in [9.17, 15) is 4.79 Å². The van der Waals surface area contributed by atoms with Crippen LogP contribution < -0.4 is 5.32 Å². The van der Waals surface area contributed by atoms with E-state index in [1.54, 1.807) is 0 Å². The van der Waals surface area contributed by atoms with Crippen LogP contribution in [-0.4, -0.2) is 26.4 Å². The monoisotopic (exact) mass is 434 g/mol. The SMILES string of the molecule is CCn1c(Cc2ccc(Cl)cc2)nnc1SCC(=O)NCc1ccc(Cl)cc1. The molecule has 1 N–H and O–H groups in total. The van der Waals surface area contributed by atoms with Crippen LogP contribution >= 0.6 is 35.0 Å². The Hall–Kier alpha value is -2.02. The lowest BCUT2D eigenvalue weighted by Crippen LogP contribution is -2.24. The Bertz CT molecular complexity index is 926. The van der Waals surface area contributed by atoms with Crippen LogP contribution in [0.3, 0.4) is 0 Å². The number of halogens is 2. The van der Waals surface area contributed by atoms with Crippen molar-refractivity contribution in [2.75, 3.05) is 5.75 Å². The molecule has 0 atom stereocenters. The molecule has 1 aromatic heterocycles. The number of carbonyl (C=O) groups excluding carboxylic acids is 1. The molecule has 2 aromatic carbocycles. The summed E-state index contributed by atoms with van der Waals surface area (Å²) in [5.74, 6) is 1.10. The van der Waals surface area contributed by atoms with Gasteiger partial charge in [0.1, 0.15) is 5.82 Å². The maximum atomic E-state index is 12.2. The van der Waals surface area contributed by atoms with Crippen molar-refractivity contribution in [1.29, 1.82) is 0 Å². The van der Waals surface area contributed by atoms with Crippen molar-refractivity contribution in [3.63, 3.8) is 0 Å². The molecule has 0 aliphatic heterocycles. The minimum Gasteiger partial charge on any atom is -0.351 e. The van der Waals surface area contributed by atoms with E-state index >= 15 is 0 Å². The fraction of sp³-hybridized carbons (Fsp3) is 0.250. The molecular formula is C20H20Cl2N4OS. The average molecular weight is 435 g/mol. The minimum atomic E-state index is -0.0511. The zero-order valence-corrected chi connectivity index (χ0v) is 17.7. The van der Waals surface area contributed by atoms with Gasteiger partial charge in [0.25, 0.3) is 0 Å². The second kappa shape index (κ2) is 9.96. The molecule has 3 aromatic rings. The highest BCUT2D eigenvalue weighted by atomic mass is 35.5. The standard InChI is InChI=1S/C20H20Cl2N4OS/c1-2-26-18(11-14-3-7-16(21)8-4-14)24-25-20(26)28-13-19(27)23-12-15-5-9-17(22)10-6-15/h3-10H,2,11-13H2,1H3,(H,23,27). The van der Waals surface area contributed by atoms with Crippen molar-refractivity contribution in [2.24, 2.45) is 0 Å². The summed E-state index contributed by atoms with van der Waals surface area (Å²) in [6, 6.07) is 15.1. The third kappa shape index (κ3) is 5.74. The van der Waals surface area contributed by atoms with Crippen LogP contribution in [0, 0.1) is 0 Å². The number of nitrogens with zero attached hydrogens (tertiary/aromatic N) is 3. The lowest BCUT2D eigenvalue weighted by Gasteiger charge is -2.08. The summed E-state index contributed by atoms with van der Waals surface area (Å²) in [7, 11) is 0. The van der Waals surface area contributed by atoms with E-state index in [2.05, 4.69) is 15.5 Å². The molecule has 0 aliphatic carbocycles. The van der Waals surface area contributed by atoms with Crippen LogP contribution in [0.25, 0.3) is 0 Å². The van der Waals surface area contributed by atoms with Crippen molar-refractivity contribution < 1.29 is 4.79 Å². The number of rotatable bonds is 8. The topological polar surface area (TPSA) is 59.8 Å². The molecule has 5 nitrogen and oxygen atoms in total. The number of aromatic nitrogens is 3. The summed E-state index contributed by atoms with van der Waals surface area (Å²) in [6.45, 7) is 3.25. The summed E-state index contributed by atoms with van der Waals surface area (Å²) >= 11 is 13.2. The van der Waals surface area contributed by atoms with Crippen LogP contribution in [0.15, 0.2) is 53.7 Å². The highest BCUT2D eigenvalue weighted by molar-refractivity contribution is 7.99. The van der Waals surface area contributed by atoms with E-state index < -0.39 is 0 Å². The number of carbonyl (C=O) groups is 1. The largest absolute Gasteiger partial charge is 0.351 e. The number of amides is 1. The molecule has 0 bridgehead atoms. The summed E-state index contributed by atoms with van der Waals surface area (Å²) < 4.78 is 2.03. The van der Waals surface area contributed by atoms with Crippen molar-refractivity contribution in [1.82, 2.24) is 20.1 Å². The Morgan fingerprint density at radius 3 is 2.21 bits per heavy atom. The molecule has 0 radical (unpaired) electrons. The maximum absolute atomic E-state index is 12.2. The molecule has 146 valence electrons. The predicted molar refractivity (Wildman–Crippen MR) is 114 cm³/mol. The molecule has 0 saturated heterocycles. The van der Waals surface area contributed by atoms with Crippen molar-refractivity contribution in [3.8, 4) is 0 Å². The van der Waals surface area contributed by atoms with Gasteiger partial charge >= 0.3 is 0 Å². The summed E-state index contributed by atoms with van der Waals surface area (Å²) in [5, 5.41) is 13.6. The number of nitrogens with one attached hydrogen (secondary N) is 1. The van der Waals surface area contributed by atoms with Crippen LogP contribution in [0.2, 0.25) is 10.0 Å². The minimum absolute atomic E-state index is 0.0511. The fourth-order valence-electron chi connectivity index (χ4n) is 2.64. The van der Waals surface area contributed by atoms with Crippen molar-refractivity contribution in [3.05, 3.63) is 75.5 Å². The quantitative estimate of drug-likeness (QED) is 0.526. The van der Waals surface area contributed by atoms with Crippen LogP contribution in [0.4, 0.5) is 0 Å². The van der Waals surface area contributed by atoms with E-state index in [1.165, 1.54) is 11.8 Å². The van der Waals surface area contributed by atoms with Gasteiger partial charge in [-0.3, -0.25) is 4.79 Å². The average Bonchev–Trinajstić information content (AvgIpc) is 3.09. The van der Waals surface area contributed by atoms with Crippen molar-refractivity contribution in [2.45, 2.75) is 31.6 Å². The Labute approximate surface area is 178 Å². The second-order valence-corrected chi connectivity index (χ2v) is 7.95. The summed E-state index contributed by atoms with van der Waals surface area (Å²) in [5.41, 5.74) is 2.12. The molecule has 0 spiro atoms. The van der Waals surface area contributed by atoms with Gasteiger partial charge in [-0.15, -0.1) is 10.2 Å². The molecule has 28 heavy (non-hydrogen) atoms. The third-order valence-electron chi connectivity index (χ3n) is 4.12. The molecule has 0 unspecified atom stereocenters. The molecule has 0 saturated carbocycles. The third-order valence-corrected chi connectivity index (χ3v) is 5.59. The summed E-state index contributed by atoms with van der Waals surface area (Å²) in [6.07, 6.45) is 0.668. The van der Waals surface area contributed by atoms with E-state index in [0.29, 0.717) is 23.0 Å². The molecule has 8 heteroatoms.